The second-order valence-corrected chi connectivity index (χ2v) is 2.31. The molecule has 0 fully saturated rings. The largest absolute Gasteiger partial charge is 0.507 e. The Balaban J connectivity index is 2.55. The van der Waals surface area contributed by atoms with Crippen molar-refractivity contribution in [1.29, 1.82) is 0 Å². The highest BCUT2D eigenvalue weighted by atomic mass is 16.6. The standard InChI is InChI=1S/C8H6N2O2/c11-8-4-2-1-3-6(8)7-5-9-12-10-7/h1-5,11H. The molecular formula is C8H6N2O2. The van der Waals surface area contributed by atoms with E-state index in [1.807, 2.05) is 6.07 Å². The van der Waals surface area contributed by atoms with Crippen molar-refractivity contribution in [2.75, 3.05) is 0 Å². The molecule has 0 radical (unpaired) electrons. The Morgan fingerprint density at radius 3 is 2.75 bits per heavy atom. The Labute approximate surface area is 68.4 Å². The predicted molar refractivity (Wildman–Crippen MR) is 41.4 cm³/mol. The minimum absolute atomic E-state index is 0.174. The lowest BCUT2D eigenvalue weighted by molar-refractivity contribution is 0.308. The van der Waals surface area contributed by atoms with Crippen LogP contribution in [0.5, 0.6) is 5.75 Å². The zero-order valence-electron chi connectivity index (χ0n) is 6.14. The monoisotopic (exact) mass is 162 g/mol. The lowest BCUT2D eigenvalue weighted by Crippen LogP contribution is -1.76. The van der Waals surface area contributed by atoms with Gasteiger partial charge in [-0.15, -0.1) is 0 Å². The Morgan fingerprint density at radius 1 is 1.25 bits per heavy atom. The maximum absolute atomic E-state index is 9.37. The topological polar surface area (TPSA) is 59.2 Å². The van der Waals surface area contributed by atoms with Gasteiger partial charge in [-0.2, -0.15) is 0 Å². The molecule has 0 bridgehead atoms. The maximum Gasteiger partial charge on any atom is 0.138 e. The summed E-state index contributed by atoms with van der Waals surface area (Å²) in [6.45, 7) is 0. The molecule has 1 aromatic heterocycles. The summed E-state index contributed by atoms with van der Waals surface area (Å²) >= 11 is 0. The number of aromatic hydroxyl groups is 1. The van der Waals surface area contributed by atoms with Crippen molar-refractivity contribution in [2.24, 2.45) is 0 Å². The van der Waals surface area contributed by atoms with Crippen LogP contribution in [0.1, 0.15) is 0 Å². The molecule has 0 saturated heterocycles. The number of phenolic OH excluding ortho intramolecular Hbond substituents is 1. The molecule has 1 heterocycles. The third kappa shape index (κ3) is 1.03. The van der Waals surface area contributed by atoms with Crippen molar-refractivity contribution >= 4 is 0 Å². The summed E-state index contributed by atoms with van der Waals surface area (Å²) in [5.41, 5.74) is 1.16. The molecule has 0 spiro atoms. The zero-order valence-corrected chi connectivity index (χ0v) is 6.14. The second kappa shape index (κ2) is 2.65. The number of hydrogen-bond donors (Lipinski definition) is 1. The summed E-state index contributed by atoms with van der Waals surface area (Å²) in [4.78, 5) is 0. The van der Waals surface area contributed by atoms with Gasteiger partial charge >= 0.3 is 0 Å². The smallest absolute Gasteiger partial charge is 0.138 e. The van der Waals surface area contributed by atoms with Crippen LogP contribution in [0.15, 0.2) is 35.1 Å². The van der Waals surface area contributed by atoms with Gasteiger partial charge in [0.05, 0.1) is 6.20 Å². The quantitative estimate of drug-likeness (QED) is 0.689. The Bertz CT molecular complexity index is 370. The van der Waals surface area contributed by atoms with Crippen LogP contribution in [0.3, 0.4) is 0 Å². The number of nitrogens with zero attached hydrogens (tertiary/aromatic N) is 2. The Hall–Kier alpha value is -1.84. The van der Waals surface area contributed by atoms with Crippen LogP contribution in [-0.2, 0) is 0 Å². The summed E-state index contributed by atoms with van der Waals surface area (Å²) in [5, 5.41) is 16.4. The average molecular weight is 162 g/mol. The average Bonchev–Trinajstić information content (AvgIpc) is 2.57. The molecule has 0 aliphatic heterocycles. The van der Waals surface area contributed by atoms with E-state index in [1.165, 1.54) is 6.20 Å². The molecule has 60 valence electrons. The van der Waals surface area contributed by atoms with Gasteiger partial charge in [-0.25, -0.2) is 4.63 Å². The third-order valence-corrected chi connectivity index (χ3v) is 1.54. The van der Waals surface area contributed by atoms with E-state index in [1.54, 1.807) is 18.2 Å². The Morgan fingerprint density at radius 2 is 2.08 bits per heavy atom. The highest BCUT2D eigenvalue weighted by Gasteiger charge is 2.05. The van der Waals surface area contributed by atoms with E-state index in [2.05, 4.69) is 14.9 Å². The highest BCUT2D eigenvalue weighted by Crippen LogP contribution is 2.25. The Kier molecular flexibility index (Phi) is 1.51. The van der Waals surface area contributed by atoms with Gasteiger partial charge in [0.25, 0.3) is 0 Å². The fourth-order valence-corrected chi connectivity index (χ4v) is 0.974. The lowest BCUT2D eigenvalue weighted by Gasteiger charge is -1.96. The van der Waals surface area contributed by atoms with Crippen LogP contribution < -0.4 is 0 Å². The summed E-state index contributed by atoms with van der Waals surface area (Å²) in [6, 6.07) is 6.88. The van der Waals surface area contributed by atoms with Crippen molar-refractivity contribution in [1.82, 2.24) is 10.3 Å². The normalized spacial score (nSPS) is 10.0. The molecule has 2 aromatic rings. The summed E-state index contributed by atoms with van der Waals surface area (Å²) in [5.74, 6) is 0.174. The first-order valence-corrected chi connectivity index (χ1v) is 3.44. The van der Waals surface area contributed by atoms with Gasteiger partial charge in [0, 0.05) is 5.56 Å². The molecule has 2 rings (SSSR count). The van der Waals surface area contributed by atoms with Gasteiger partial charge in [0.15, 0.2) is 0 Å². The van der Waals surface area contributed by atoms with Crippen LogP contribution in [-0.4, -0.2) is 15.4 Å². The van der Waals surface area contributed by atoms with Gasteiger partial charge in [0.2, 0.25) is 0 Å². The van der Waals surface area contributed by atoms with Crippen LogP contribution >= 0.6 is 0 Å². The second-order valence-electron chi connectivity index (χ2n) is 2.31. The molecule has 4 nitrogen and oxygen atoms in total. The SMILES string of the molecule is Oc1ccccc1-c1cnon1. The molecule has 12 heavy (non-hydrogen) atoms. The molecule has 0 atom stereocenters. The third-order valence-electron chi connectivity index (χ3n) is 1.54. The summed E-state index contributed by atoms with van der Waals surface area (Å²) in [6.07, 6.45) is 1.45. The van der Waals surface area contributed by atoms with E-state index in [-0.39, 0.29) is 5.75 Å². The predicted octanol–water partition coefficient (Wildman–Crippen LogP) is 1.44. The van der Waals surface area contributed by atoms with Crippen LogP contribution in [0.4, 0.5) is 0 Å². The van der Waals surface area contributed by atoms with Gasteiger partial charge in [-0.3, -0.25) is 0 Å². The van der Waals surface area contributed by atoms with Crippen LogP contribution in [0, 0.1) is 0 Å². The molecular weight excluding hydrogens is 156 g/mol. The molecule has 1 aromatic carbocycles. The fourth-order valence-electron chi connectivity index (χ4n) is 0.974. The van der Waals surface area contributed by atoms with Crippen molar-refractivity contribution in [2.45, 2.75) is 0 Å². The van der Waals surface area contributed by atoms with Crippen molar-refractivity contribution in [3.05, 3.63) is 30.5 Å². The molecule has 1 N–H and O–H groups in total. The molecule has 0 unspecified atom stereocenters. The minimum atomic E-state index is 0.174. The molecule has 0 aliphatic rings. The molecule has 0 aliphatic carbocycles. The van der Waals surface area contributed by atoms with E-state index in [0.717, 1.165) is 0 Å². The van der Waals surface area contributed by atoms with E-state index in [0.29, 0.717) is 11.3 Å². The number of phenols is 1. The highest BCUT2D eigenvalue weighted by molar-refractivity contribution is 5.64. The number of para-hydroxylation sites is 1. The van der Waals surface area contributed by atoms with E-state index >= 15 is 0 Å². The summed E-state index contributed by atoms with van der Waals surface area (Å²) < 4.78 is 4.41. The lowest BCUT2D eigenvalue weighted by atomic mass is 10.1. The van der Waals surface area contributed by atoms with Crippen molar-refractivity contribution in [3.63, 3.8) is 0 Å². The van der Waals surface area contributed by atoms with Crippen LogP contribution in [0.2, 0.25) is 0 Å². The fraction of sp³-hybridized carbons (Fsp3) is 0. The van der Waals surface area contributed by atoms with Gasteiger partial charge < -0.3 is 5.11 Å². The van der Waals surface area contributed by atoms with E-state index in [4.69, 9.17) is 0 Å². The number of rotatable bonds is 1. The van der Waals surface area contributed by atoms with Gasteiger partial charge in [-0.1, -0.05) is 17.3 Å². The first kappa shape index (κ1) is 6.84. The van der Waals surface area contributed by atoms with Crippen LogP contribution in [0.25, 0.3) is 11.3 Å². The van der Waals surface area contributed by atoms with Crippen molar-refractivity contribution in [3.8, 4) is 17.0 Å². The summed E-state index contributed by atoms with van der Waals surface area (Å²) in [7, 11) is 0. The first-order chi connectivity index (χ1) is 5.88. The van der Waals surface area contributed by atoms with E-state index in [9.17, 15) is 5.11 Å². The number of benzene rings is 1. The van der Waals surface area contributed by atoms with E-state index < -0.39 is 0 Å². The van der Waals surface area contributed by atoms with Gasteiger partial charge in [0.1, 0.15) is 11.4 Å². The van der Waals surface area contributed by atoms with Gasteiger partial charge in [-0.05, 0) is 17.3 Å². The molecule has 4 heteroatoms. The number of hydrogen-bond acceptors (Lipinski definition) is 4. The maximum atomic E-state index is 9.37. The first-order valence-electron chi connectivity index (χ1n) is 3.44. The zero-order chi connectivity index (χ0) is 8.39. The molecule has 0 amide bonds. The molecule has 0 saturated carbocycles. The number of aromatic nitrogens is 2. The van der Waals surface area contributed by atoms with Crippen molar-refractivity contribution < 1.29 is 9.74 Å². The minimum Gasteiger partial charge on any atom is -0.507 e.